The Hall–Kier alpha value is -1.69. The highest BCUT2D eigenvalue weighted by Crippen LogP contribution is 2.47. The lowest BCUT2D eigenvalue weighted by Crippen LogP contribution is -2.20. The number of hydrogen-bond donors (Lipinski definition) is 1. The predicted octanol–water partition coefficient (Wildman–Crippen LogP) is 3.31. The molecule has 23 heavy (non-hydrogen) atoms. The fraction of sp³-hybridized carbons (Fsp3) is 0.588. The fourth-order valence-electron chi connectivity index (χ4n) is 3.92. The minimum atomic E-state index is -0.242. The molecule has 2 N–H and O–H groups in total. The summed E-state index contributed by atoms with van der Waals surface area (Å²) in [6.45, 7) is 0. The van der Waals surface area contributed by atoms with Gasteiger partial charge in [0, 0.05) is 11.3 Å². The van der Waals surface area contributed by atoms with E-state index in [1.165, 1.54) is 29.7 Å². The van der Waals surface area contributed by atoms with Crippen molar-refractivity contribution in [3.05, 3.63) is 16.8 Å². The van der Waals surface area contributed by atoms with E-state index in [0.717, 1.165) is 35.9 Å². The first-order valence-electron chi connectivity index (χ1n) is 8.43. The number of amides is 1. The first kappa shape index (κ1) is 14.9. The van der Waals surface area contributed by atoms with Crippen molar-refractivity contribution in [3.8, 4) is 5.88 Å². The third-order valence-corrected chi connectivity index (χ3v) is 6.15. The molecule has 1 amide bonds. The van der Waals surface area contributed by atoms with Gasteiger partial charge in [-0.2, -0.15) is 0 Å². The summed E-state index contributed by atoms with van der Waals surface area (Å²) in [7, 11) is 0. The summed E-state index contributed by atoms with van der Waals surface area (Å²) in [5, 5.41) is 1.03. The Labute approximate surface area is 139 Å². The zero-order valence-corrected chi connectivity index (χ0v) is 13.9. The average Bonchev–Trinajstić information content (AvgIpc) is 3.08. The van der Waals surface area contributed by atoms with Crippen LogP contribution in [0.4, 0.5) is 0 Å². The maximum absolute atomic E-state index is 11.4. The summed E-state index contributed by atoms with van der Waals surface area (Å²) >= 11 is 1.71. The van der Waals surface area contributed by atoms with Crippen LogP contribution in [-0.4, -0.2) is 22.0 Å². The van der Waals surface area contributed by atoms with Crippen LogP contribution in [0.2, 0.25) is 0 Å². The minimum Gasteiger partial charge on any atom is -0.474 e. The molecule has 2 aromatic rings. The third-order valence-electron chi connectivity index (χ3n) is 4.97. The van der Waals surface area contributed by atoms with E-state index in [-0.39, 0.29) is 17.9 Å². The van der Waals surface area contributed by atoms with Gasteiger partial charge in [0.05, 0.1) is 5.39 Å². The van der Waals surface area contributed by atoms with Crippen molar-refractivity contribution in [1.29, 1.82) is 0 Å². The van der Waals surface area contributed by atoms with Crippen LogP contribution in [0.25, 0.3) is 10.2 Å². The highest BCUT2D eigenvalue weighted by molar-refractivity contribution is 7.19. The highest BCUT2D eigenvalue weighted by Gasteiger charge is 2.31. The molecule has 4 rings (SSSR count). The number of primary amides is 1. The number of thiophene rings is 1. The quantitative estimate of drug-likeness (QED) is 0.932. The van der Waals surface area contributed by atoms with Gasteiger partial charge in [-0.05, 0) is 50.0 Å². The molecule has 2 heterocycles. The van der Waals surface area contributed by atoms with E-state index in [0.29, 0.717) is 12.3 Å². The molecular weight excluding hydrogens is 310 g/mol. The van der Waals surface area contributed by atoms with Crippen molar-refractivity contribution in [2.45, 2.75) is 63.4 Å². The van der Waals surface area contributed by atoms with Crippen molar-refractivity contribution in [2.75, 3.05) is 0 Å². The van der Waals surface area contributed by atoms with E-state index in [4.69, 9.17) is 10.5 Å². The van der Waals surface area contributed by atoms with Gasteiger partial charge in [-0.1, -0.05) is 6.42 Å². The Morgan fingerprint density at radius 1 is 1.26 bits per heavy atom. The molecule has 2 aliphatic rings. The molecular formula is C17H21N3O2S. The first-order chi connectivity index (χ1) is 11.2. The van der Waals surface area contributed by atoms with Crippen LogP contribution in [0.1, 0.15) is 61.3 Å². The van der Waals surface area contributed by atoms with Gasteiger partial charge in [0.15, 0.2) is 0 Å². The fourth-order valence-corrected chi connectivity index (χ4v) is 5.15. The molecule has 5 nitrogen and oxygen atoms in total. The van der Waals surface area contributed by atoms with Crippen molar-refractivity contribution in [3.63, 3.8) is 0 Å². The van der Waals surface area contributed by atoms with Crippen LogP contribution in [0.3, 0.4) is 0 Å². The van der Waals surface area contributed by atoms with Gasteiger partial charge < -0.3 is 10.5 Å². The van der Waals surface area contributed by atoms with Gasteiger partial charge in [-0.3, -0.25) is 4.79 Å². The van der Waals surface area contributed by atoms with E-state index in [1.54, 1.807) is 17.7 Å². The van der Waals surface area contributed by atoms with Crippen molar-refractivity contribution >= 4 is 27.5 Å². The summed E-state index contributed by atoms with van der Waals surface area (Å²) in [5.74, 6) is 0.653. The van der Waals surface area contributed by atoms with Gasteiger partial charge in [0.2, 0.25) is 11.8 Å². The van der Waals surface area contributed by atoms with Crippen LogP contribution in [0.15, 0.2) is 6.33 Å². The molecule has 0 radical (unpaired) electrons. The normalized spacial score (nSPS) is 21.5. The molecule has 1 saturated carbocycles. The van der Waals surface area contributed by atoms with Crippen LogP contribution in [0, 0.1) is 0 Å². The lowest BCUT2D eigenvalue weighted by Gasteiger charge is -2.23. The first-order valence-corrected chi connectivity index (χ1v) is 9.25. The number of aromatic nitrogens is 2. The van der Waals surface area contributed by atoms with Crippen LogP contribution in [0.5, 0.6) is 5.88 Å². The summed E-state index contributed by atoms with van der Waals surface area (Å²) in [4.78, 5) is 22.5. The summed E-state index contributed by atoms with van der Waals surface area (Å²) in [6, 6.07) is 0. The number of ether oxygens (including phenoxy) is 1. The Balaban J connectivity index is 1.72. The largest absolute Gasteiger partial charge is 0.474 e. The maximum atomic E-state index is 11.4. The summed E-state index contributed by atoms with van der Waals surface area (Å²) in [5.41, 5.74) is 6.65. The lowest BCUT2D eigenvalue weighted by atomic mass is 9.96. The van der Waals surface area contributed by atoms with E-state index < -0.39 is 0 Å². The molecule has 1 atom stereocenters. The lowest BCUT2D eigenvalue weighted by molar-refractivity contribution is -0.118. The van der Waals surface area contributed by atoms with Crippen molar-refractivity contribution in [2.24, 2.45) is 5.73 Å². The summed E-state index contributed by atoms with van der Waals surface area (Å²) < 4.78 is 6.24. The second kappa shape index (κ2) is 6.07. The molecule has 6 heteroatoms. The Kier molecular flexibility index (Phi) is 3.93. The van der Waals surface area contributed by atoms with Crippen molar-refractivity contribution in [1.82, 2.24) is 9.97 Å². The van der Waals surface area contributed by atoms with Gasteiger partial charge in [-0.15, -0.1) is 11.3 Å². The Morgan fingerprint density at radius 3 is 2.87 bits per heavy atom. The van der Waals surface area contributed by atoms with Crippen LogP contribution < -0.4 is 10.5 Å². The van der Waals surface area contributed by atoms with Crippen molar-refractivity contribution < 1.29 is 9.53 Å². The second-order valence-corrected chi connectivity index (χ2v) is 7.67. The van der Waals surface area contributed by atoms with E-state index >= 15 is 0 Å². The van der Waals surface area contributed by atoms with Gasteiger partial charge >= 0.3 is 0 Å². The molecule has 2 aliphatic carbocycles. The van der Waals surface area contributed by atoms with Crippen LogP contribution >= 0.6 is 11.3 Å². The van der Waals surface area contributed by atoms with E-state index in [2.05, 4.69) is 9.97 Å². The number of hydrogen-bond acceptors (Lipinski definition) is 5. The SMILES string of the molecule is NC(=O)CC1CCc2sc3ncnc(OC4CCCCC4)c3c21. The zero-order valence-electron chi connectivity index (χ0n) is 13.1. The minimum absolute atomic E-state index is 0.191. The number of carbonyl (C=O) groups excluding carboxylic acids is 1. The number of nitrogens with zero attached hydrogens (tertiary/aromatic N) is 2. The van der Waals surface area contributed by atoms with E-state index in [1.807, 2.05) is 0 Å². The second-order valence-electron chi connectivity index (χ2n) is 6.58. The Bertz CT molecular complexity index is 737. The molecule has 0 aromatic carbocycles. The number of rotatable bonds is 4. The predicted molar refractivity (Wildman–Crippen MR) is 89.8 cm³/mol. The van der Waals surface area contributed by atoms with E-state index in [9.17, 15) is 4.79 Å². The number of nitrogens with two attached hydrogens (primary N) is 1. The number of aryl methyl sites for hydroxylation is 1. The monoisotopic (exact) mass is 331 g/mol. The smallest absolute Gasteiger partial charge is 0.225 e. The molecule has 0 saturated heterocycles. The molecule has 1 fully saturated rings. The molecule has 0 aliphatic heterocycles. The van der Waals surface area contributed by atoms with Gasteiger partial charge in [0.25, 0.3) is 0 Å². The Morgan fingerprint density at radius 2 is 2.09 bits per heavy atom. The number of carbonyl (C=O) groups is 1. The standard InChI is InChI=1S/C17H21N3O2S/c18-13(21)8-10-6-7-12-14(10)15-16(19-9-20-17(15)23-12)22-11-4-2-1-3-5-11/h9-11H,1-8H2,(H2,18,21). The molecule has 2 aromatic heterocycles. The van der Waals surface area contributed by atoms with Gasteiger partial charge in [0.1, 0.15) is 17.3 Å². The van der Waals surface area contributed by atoms with Gasteiger partial charge in [-0.25, -0.2) is 9.97 Å². The maximum Gasteiger partial charge on any atom is 0.225 e. The number of fused-ring (bicyclic) bond motifs is 3. The molecule has 0 spiro atoms. The highest BCUT2D eigenvalue weighted by atomic mass is 32.1. The zero-order chi connectivity index (χ0) is 15.8. The molecule has 0 bridgehead atoms. The third kappa shape index (κ3) is 2.80. The molecule has 1 unspecified atom stereocenters. The summed E-state index contributed by atoms with van der Waals surface area (Å²) in [6.07, 6.45) is 10.2. The topological polar surface area (TPSA) is 78.1 Å². The average molecular weight is 331 g/mol. The molecule has 122 valence electrons. The van der Waals surface area contributed by atoms with Crippen LogP contribution in [-0.2, 0) is 11.2 Å².